The lowest BCUT2D eigenvalue weighted by Crippen LogP contribution is -2.45. The monoisotopic (exact) mass is 343 g/mol. The van der Waals surface area contributed by atoms with Crippen LogP contribution in [0.15, 0.2) is 30.3 Å². The van der Waals surface area contributed by atoms with Gasteiger partial charge in [-0.05, 0) is 37.2 Å². The molecule has 22 heavy (non-hydrogen) atoms. The highest BCUT2D eigenvalue weighted by Gasteiger charge is 2.43. The summed E-state index contributed by atoms with van der Waals surface area (Å²) in [6, 6.07) is 10.7. The van der Waals surface area contributed by atoms with E-state index in [1.165, 1.54) is 25.5 Å². The molecule has 1 saturated heterocycles. The highest BCUT2D eigenvalue weighted by Crippen LogP contribution is 2.46. The Morgan fingerprint density at radius 3 is 2.59 bits per heavy atom. The summed E-state index contributed by atoms with van der Waals surface area (Å²) in [5.74, 6) is 1.45. The summed E-state index contributed by atoms with van der Waals surface area (Å²) in [4.78, 5) is 11.3. The number of nitrogens with one attached hydrogen (secondary N) is 1. The van der Waals surface area contributed by atoms with E-state index in [-0.39, 0.29) is 23.5 Å². The Morgan fingerprint density at radius 2 is 1.95 bits per heavy atom. The molecule has 1 heterocycles. The fraction of sp³-hybridized carbons (Fsp3) is 0.562. The van der Waals surface area contributed by atoms with Crippen molar-refractivity contribution in [3.05, 3.63) is 35.9 Å². The smallest absolute Gasteiger partial charge is 0.438 e. The zero-order valence-electron chi connectivity index (χ0n) is 12.6. The molecule has 2 aliphatic rings. The minimum Gasteiger partial charge on any atom is -0.438 e. The van der Waals surface area contributed by atoms with Crippen molar-refractivity contribution in [2.24, 2.45) is 0 Å². The van der Waals surface area contributed by atoms with Gasteiger partial charge in [-0.2, -0.15) is 0 Å². The second-order valence-electron chi connectivity index (χ2n) is 5.70. The maximum Gasteiger partial charge on any atom is 0.509 e. The van der Waals surface area contributed by atoms with Crippen molar-refractivity contribution in [3.63, 3.8) is 0 Å². The number of ether oxygens (including phenoxy) is 2. The number of benzene rings is 1. The predicted molar refractivity (Wildman–Crippen MR) is 90.5 cm³/mol. The molecule has 1 saturated carbocycles. The van der Waals surface area contributed by atoms with E-state index in [1.54, 1.807) is 0 Å². The second-order valence-corrected chi connectivity index (χ2v) is 7.10. The van der Waals surface area contributed by atoms with Gasteiger partial charge in [0.1, 0.15) is 0 Å². The molecule has 1 N–H and O–H groups in total. The zero-order valence-corrected chi connectivity index (χ0v) is 14.3. The third-order valence-corrected chi connectivity index (χ3v) is 5.95. The maximum absolute atomic E-state index is 11.2. The molecule has 0 amide bonds. The third kappa shape index (κ3) is 3.89. The van der Waals surface area contributed by atoms with Crippen molar-refractivity contribution in [3.8, 4) is 0 Å². The van der Waals surface area contributed by atoms with Crippen molar-refractivity contribution < 1.29 is 14.3 Å². The lowest BCUT2D eigenvalue weighted by Gasteiger charge is -2.37. The van der Waals surface area contributed by atoms with Crippen LogP contribution in [-0.4, -0.2) is 30.1 Å². The summed E-state index contributed by atoms with van der Waals surface area (Å²) in [6.07, 6.45) is 3.74. The van der Waals surface area contributed by atoms with Gasteiger partial charge in [-0.3, -0.25) is 5.32 Å². The molecule has 3 rings (SSSR count). The molecule has 0 unspecified atom stereocenters. The highest BCUT2D eigenvalue weighted by molar-refractivity contribution is 8.00. The van der Waals surface area contributed by atoms with Crippen LogP contribution in [0.2, 0.25) is 0 Å². The van der Waals surface area contributed by atoms with Gasteiger partial charge in [-0.25, -0.2) is 4.79 Å². The van der Waals surface area contributed by atoms with Crippen LogP contribution in [0.25, 0.3) is 0 Å². The van der Waals surface area contributed by atoms with E-state index in [9.17, 15) is 4.79 Å². The summed E-state index contributed by atoms with van der Waals surface area (Å²) >= 11 is 1.88. The summed E-state index contributed by atoms with van der Waals surface area (Å²) in [5.41, 5.74) is 1.44. The van der Waals surface area contributed by atoms with Gasteiger partial charge in [0.2, 0.25) is 0 Å². The molecule has 1 aliphatic heterocycles. The predicted octanol–water partition coefficient (Wildman–Crippen LogP) is 3.91. The van der Waals surface area contributed by atoms with E-state index >= 15 is 0 Å². The topological polar surface area (TPSA) is 47.6 Å². The zero-order chi connectivity index (χ0) is 14.7. The molecular weight excluding hydrogens is 322 g/mol. The molecule has 4 nitrogen and oxygen atoms in total. The van der Waals surface area contributed by atoms with Gasteiger partial charge in [0.25, 0.3) is 0 Å². The molecule has 0 bridgehead atoms. The van der Waals surface area contributed by atoms with Gasteiger partial charge in [0, 0.05) is 5.75 Å². The fourth-order valence-electron chi connectivity index (χ4n) is 3.27. The van der Waals surface area contributed by atoms with E-state index in [2.05, 4.69) is 40.4 Å². The van der Waals surface area contributed by atoms with E-state index in [0.29, 0.717) is 5.92 Å². The van der Waals surface area contributed by atoms with Crippen LogP contribution in [0.5, 0.6) is 0 Å². The van der Waals surface area contributed by atoms with E-state index < -0.39 is 6.16 Å². The first-order valence-electron chi connectivity index (χ1n) is 7.42. The summed E-state index contributed by atoms with van der Waals surface area (Å²) in [5, 5.41) is 3.48. The van der Waals surface area contributed by atoms with Crippen LogP contribution in [0, 0.1) is 0 Å². The number of carbonyl (C=O) groups excluding carboxylic acids is 1. The quantitative estimate of drug-likeness (QED) is 0.825. The molecular formula is C16H22ClNO3S. The largest absolute Gasteiger partial charge is 0.509 e. The number of halogens is 1. The van der Waals surface area contributed by atoms with Crippen molar-refractivity contribution in [2.75, 3.05) is 12.9 Å². The van der Waals surface area contributed by atoms with Crippen molar-refractivity contribution in [1.82, 2.24) is 5.32 Å². The molecule has 1 spiro atoms. The van der Waals surface area contributed by atoms with Gasteiger partial charge in [0.15, 0.2) is 6.23 Å². The Hall–Kier alpha value is -0.910. The second kappa shape index (κ2) is 7.57. The Morgan fingerprint density at radius 1 is 1.27 bits per heavy atom. The molecule has 0 aromatic heterocycles. The summed E-state index contributed by atoms with van der Waals surface area (Å²) < 4.78 is 9.76. The van der Waals surface area contributed by atoms with Crippen LogP contribution in [0.4, 0.5) is 4.79 Å². The third-order valence-electron chi connectivity index (χ3n) is 4.40. The summed E-state index contributed by atoms with van der Waals surface area (Å²) in [6.45, 7) is 0. The first-order valence-corrected chi connectivity index (χ1v) is 8.40. The maximum atomic E-state index is 11.2. The molecule has 1 aliphatic carbocycles. The Bertz CT molecular complexity index is 491. The number of rotatable bonds is 2. The first-order chi connectivity index (χ1) is 10.2. The SMILES string of the molecule is COC(=O)O[C@@H]1CSC2(CCC(c3ccccc3)CC2)N1.Cl. The molecule has 0 radical (unpaired) electrons. The first kappa shape index (κ1) is 17.4. The van der Waals surface area contributed by atoms with E-state index in [0.717, 1.165) is 18.6 Å². The number of hydrogen-bond donors (Lipinski definition) is 1. The highest BCUT2D eigenvalue weighted by atomic mass is 35.5. The van der Waals surface area contributed by atoms with Crippen LogP contribution in [0.1, 0.15) is 37.2 Å². The van der Waals surface area contributed by atoms with Gasteiger partial charge in [0.05, 0.1) is 12.0 Å². The fourth-order valence-corrected chi connectivity index (χ4v) is 4.63. The van der Waals surface area contributed by atoms with E-state index in [4.69, 9.17) is 4.74 Å². The number of methoxy groups -OCH3 is 1. The lowest BCUT2D eigenvalue weighted by atomic mass is 9.81. The van der Waals surface area contributed by atoms with Gasteiger partial charge in [-0.15, -0.1) is 24.2 Å². The average molecular weight is 344 g/mol. The van der Waals surface area contributed by atoms with Crippen LogP contribution < -0.4 is 5.32 Å². The average Bonchev–Trinajstić information content (AvgIpc) is 2.91. The molecule has 2 fully saturated rings. The number of hydrogen-bond acceptors (Lipinski definition) is 5. The van der Waals surface area contributed by atoms with E-state index in [1.807, 2.05) is 11.8 Å². The summed E-state index contributed by atoms with van der Waals surface area (Å²) in [7, 11) is 1.34. The standard InChI is InChI=1S/C16H21NO3S.ClH/c1-19-15(18)20-14-11-21-16(17-14)9-7-13(8-10-16)12-5-3-2-4-6-12;/h2-6,13-14,17H,7-11H2,1H3;1H/t13?,14-,16?;/m1./s1. The number of thioether (sulfide) groups is 1. The van der Waals surface area contributed by atoms with Crippen LogP contribution in [-0.2, 0) is 9.47 Å². The van der Waals surface area contributed by atoms with Gasteiger partial charge >= 0.3 is 6.16 Å². The molecule has 6 heteroatoms. The molecule has 1 atom stereocenters. The van der Waals surface area contributed by atoms with Crippen LogP contribution in [0.3, 0.4) is 0 Å². The molecule has 122 valence electrons. The van der Waals surface area contributed by atoms with Crippen molar-refractivity contribution >= 4 is 30.3 Å². The van der Waals surface area contributed by atoms with Crippen molar-refractivity contribution in [1.29, 1.82) is 0 Å². The number of carbonyl (C=O) groups is 1. The van der Waals surface area contributed by atoms with Crippen LogP contribution >= 0.6 is 24.2 Å². The Kier molecular flexibility index (Phi) is 6.01. The van der Waals surface area contributed by atoms with Gasteiger partial charge < -0.3 is 9.47 Å². The Labute approximate surface area is 141 Å². The Balaban J connectivity index is 0.00000176. The minimum atomic E-state index is -0.608. The van der Waals surface area contributed by atoms with Gasteiger partial charge in [-0.1, -0.05) is 30.3 Å². The molecule has 1 aromatic carbocycles. The lowest BCUT2D eigenvalue weighted by molar-refractivity contribution is 0.0282. The normalized spacial score (nSPS) is 30.6. The minimum absolute atomic E-state index is 0. The molecule has 1 aromatic rings. The van der Waals surface area contributed by atoms with Crippen molar-refractivity contribution in [2.45, 2.75) is 42.7 Å².